The molecule has 6 heteroatoms. The summed E-state index contributed by atoms with van der Waals surface area (Å²) in [4.78, 5) is 20.7. The van der Waals surface area contributed by atoms with Crippen molar-refractivity contribution in [3.63, 3.8) is 0 Å². The highest BCUT2D eigenvalue weighted by atomic mass is 32.1. The summed E-state index contributed by atoms with van der Waals surface area (Å²) in [5.74, 6) is 0.346. The van der Waals surface area contributed by atoms with Gasteiger partial charge in [0.2, 0.25) is 0 Å². The van der Waals surface area contributed by atoms with Crippen LogP contribution in [0.1, 0.15) is 0 Å². The van der Waals surface area contributed by atoms with Gasteiger partial charge in [-0.3, -0.25) is 9.78 Å². The van der Waals surface area contributed by atoms with Gasteiger partial charge in [-0.05, 0) is 0 Å². The van der Waals surface area contributed by atoms with Crippen LogP contribution < -0.4 is 10.6 Å². The minimum Gasteiger partial charge on any atom is -0.382 e. The number of anilines is 1. The van der Waals surface area contributed by atoms with Crippen LogP contribution in [0.5, 0.6) is 0 Å². The molecule has 0 radical (unpaired) electrons. The number of aromatic nitrogens is 3. The third-order valence-electron chi connectivity index (χ3n) is 1.25. The Morgan fingerprint density at radius 2 is 2.36 bits per heavy atom. The van der Waals surface area contributed by atoms with Crippen molar-refractivity contribution in [2.75, 3.05) is 5.73 Å². The first-order chi connectivity index (χ1) is 5.27. The summed E-state index contributed by atoms with van der Waals surface area (Å²) < 4.78 is 0.623. The second kappa shape index (κ2) is 2.03. The Bertz CT molecular complexity index is 445. The maximum absolute atomic E-state index is 10.8. The molecular formula is C5H4N4OS. The van der Waals surface area contributed by atoms with Crippen LogP contribution in [0.25, 0.3) is 10.3 Å². The molecular weight excluding hydrogens is 164 g/mol. The highest BCUT2D eigenvalue weighted by Crippen LogP contribution is 2.15. The van der Waals surface area contributed by atoms with Crippen molar-refractivity contribution >= 4 is 27.5 Å². The fraction of sp³-hybridized carbons (Fsp3) is 0. The average molecular weight is 168 g/mol. The van der Waals surface area contributed by atoms with Crippen LogP contribution in [0.15, 0.2) is 11.1 Å². The first kappa shape index (κ1) is 6.29. The van der Waals surface area contributed by atoms with E-state index in [9.17, 15) is 4.79 Å². The lowest BCUT2D eigenvalue weighted by Gasteiger charge is -1.88. The Morgan fingerprint density at radius 3 is 3.09 bits per heavy atom. The van der Waals surface area contributed by atoms with Gasteiger partial charge in [0, 0.05) is 0 Å². The Kier molecular flexibility index (Phi) is 1.16. The number of nitrogen functional groups attached to an aromatic ring is 1. The van der Waals surface area contributed by atoms with E-state index >= 15 is 0 Å². The molecule has 2 heterocycles. The summed E-state index contributed by atoms with van der Waals surface area (Å²) in [5, 5.41) is 0. The van der Waals surface area contributed by atoms with Crippen LogP contribution in [-0.4, -0.2) is 15.0 Å². The monoisotopic (exact) mass is 168 g/mol. The highest BCUT2D eigenvalue weighted by Gasteiger charge is 2.02. The molecule has 3 N–H and O–H groups in total. The van der Waals surface area contributed by atoms with Crippen molar-refractivity contribution in [3.05, 3.63) is 16.0 Å². The molecule has 0 aliphatic heterocycles. The van der Waals surface area contributed by atoms with Gasteiger partial charge in [-0.2, -0.15) is 0 Å². The van der Waals surface area contributed by atoms with E-state index in [0.717, 1.165) is 11.3 Å². The lowest BCUT2D eigenvalue weighted by molar-refractivity contribution is 1.20. The smallest absolute Gasteiger partial charge is 0.306 e. The van der Waals surface area contributed by atoms with E-state index < -0.39 is 0 Å². The van der Waals surface area contributed by atoms with Gasteiger partial charge in [-0.25, -0.2) is 9.97 Å². The van der Waals surface area contributed by atoms with E-state index in [4.69, 9.17) is 5.73 Å². The number of H-pyrrole nitrogens is 1. The second-order valence-electron chi connectivity index (χ2n) is 1.95. The second-order valence-corrected chi connectivity index (χ2v) is 2.93. The Morgan fingerprint density at radius 1 is 1.55 bits per heavy atom. The van der Waals surface area contributed by atoms with E-state index in [-0.39, 0.29) is 4.87 Å². The number of nitrogens with zero attached hydrogens (tertiary/aromatic N) is 2. The zero-order valence-corrected chi connectivity index (χ0v) is 6.18. The molecule has 0 spiro atoms. The van der Waals surface area contributed by atoms with Gasteiger partial charge in [0.05, 0.1) is 0 Å². The van der Waals surface area contributed by atoms with Gasteiger partial charge in [0.25, 0.3) is 0 Å². The van der Waals surface area contributed by atoms with Gasteiger partial charge in [0.1, 0.15) is 16.8 Å². The summed E-state index contributed by atoms with van der Waals surface area (Å²) in [6.45, 7) is 0. The average Bonchev–Trinajstić information content (AvgIpc) is 2.31. The van der Waals surface area contributed by atoms with Crippen molar-refractivity contribution in [2.24, 2.45) is 0 Å². The van der Waals surface area contributed by atoms with E-state index in [0.29, 0.717) is 16.2 Å². The lowest BCUT2D eigenvalue weighted by atomic mass is 10.6. The van der Waals surface area contributed by atoms with E-state index in [1.165, 1.54) is 6.33 Å². The molecule has 0 aliphatic rings. The molecule has 0 fully saturated rings. The predicted octanol–water partition coefficient (Wildman–Crippen LogP) is -0.0382. The predicted molar refractivity (Wildman–Crippen MR) is 42.4 cm³/mol. The molecule has 0 aliphatic carbocycles. The SMILES string of the molecule is Nc1ncnc2[nH]c(=O)sc12. The summed E-state index contributed by atoms with van der Waals surface area (Å²) in [5.41, 5.74) is 5.98. The van der Waals surface area contributed by atoms with Crippen LogP contribution in [0.3, 0.4) is 0 Å². The molecule has 0 atom stereocenters. The zero-order valence-electron chi connectivity index (χ0n) is 5.37. The largest absolute Gasteiger partial charge is 0.382 e. The Labute approximate surface area is 64.9 Å². The number of fused-ring (bicyclic) bond motifs is 1. The summed E-state index contributed by atoms with van der Waals surface area (Å²) in [6.07, 6.45) is 1.32. The minimum absolute atomic E-state index is 0.160. The molecule has 0 unspecified atom stereocenters. The van der Waals surface area contributed by atoms with E-state index in [2.05, 4.69) is 15.0 Å². The van der Waals surface area contributed by atoms with Crippen molar-refractivity contribution < 1.29 is 0 Å². The number of hydrogen-bond donors (Lipinski definition) is 2. The summed E-state index contributed by atoms with van der Waals surface area (Å²) in [6, 6.07) is 0. The first-order valence-electron chi connectivity index (χ1n) is 2.86. The fourth-order valence-corrected chi connectivity index (χ4v) is 1.48. The molecule has 0 aromatic carbocycles. The zero-order chi connectivity index (χ0) is 7.84. The molecule has 0 bridgehead atoms. The molecule has 2 rings (SSSR count). The number of thiazole rings is 1. The fourth-order valence-electron chi connectivity index (χ4n) is 0.792. The lowest BCUT2D eigenvalue weighted by Crippen LogP contribution is -1.92. The van der Waals surface area contributed by atoms with Gasteiger partial charge in [0.15, 0.2) is 5.65 Å². The third kappa shape index (κ3) is 0.874. The molecule has 11 heavy (non-hydrogen) atoms. The molecule has 0 saturated heterocycles. The topological polar surface area (TPSA) is 84.7 Å². The Hall–Kier alpha value is -1.43. The van der Waals surface area contributed by atoms with Crippen molar-refractivity contribution in [3.8, 4) is 0 Å². The van der Waals surface area contributed by atoms with Crippen molar-refractivity contribution in [1.82, 2.24) is 15.0 Å². The molecule has 0 saturated carbocycles. The highest BCUT2D eigenvalue weighted by molar-refractivity contribution is 7.16. The third-order valence-corrected chi connectivity index (χ3v) is 2.14. The van der Waals surface area contributed by atoms with E-state index in [1.807, 2.05) is 0 Å². The van der Waals surface area contributed by atoms with Gasteiger partial charge in [-0.15, -0.1) is 0 Å². The number of aromatic amines is 1. The van der Waals surface area contributed by atoms with Gasteiger partial charge in [-0.1, -0.05) is 11.3 Å². The maximum atomic E-state index is 10.8. The number of hydrogen-bond acceptors (Lipinski definition) is 5. The van der Waals surface area contributed by atoms with Crippen LogP contribution in [0, 0.1) is 0 Å². The van der Waals surface area contributed by atoms with E-state index in [1.54, 1.807) is 0 Å². The molecule has 56 valence electrons. The van der Waals surface area contributed by atoms with Crippen molar-refractivity contribution in [1.29, 1.82) is 0 Å². The molecule has 2 aromatic heterocycles. The first-order valence-corrected chi connectivity index (χ1v) is 3.68. The quantitative estimate of drug-likeness (QED) is 0.578. The standard InChI is InChI=1S/C5H4N4OS/c6-3-2-4(8-1-7-3)9-5(10)11-2/h1H,(H3,6,7,8,9,10). The van der Waals surface area contributed by atoms with Crippen LogP contribution in [0.2, 0.25) is 0 Å². The van der Waals surface area contributed by atoms with Gasteiger partial charge >= 0.3 is 4.87 Å². The van der Waals surface area contributed by atoms with Crippen molar-refractivity contribution in [2.45, 2.75) is 0 Å². The maximum Gasteiger partial charge on any atom is 0.306 e. The van der Waals surface area contributed by atoms with Gasteiger partial charge < -0.3 is 5.73 Å². The molecule has 0 amide bonds. The number of rotatable bonds is 0. The number of nitrogens with one attached hydrogen (secondary N) is 1. The minimum atomic E-state index is -0.160. The summed E-state index contributed by atoms with van der Waals surface area (Å²) >= 11 is 1.02. The van der Waals surface area contributed by atoms with Crippen LogP contribution >= 0.6 is 11.3 Å². The summed E-state index contributed by atoms with van der Waals surface area (Å²) in [7, 11) is 0. The Balaban J connectivity index is 3.01. The van der Waals surface area contributed by atoms with Crippen LogP contribution in [0.4, 0.5) is 5.82 Å². The normalized spacial score (nSPS) is 10.5. The van der Waals surface area contributed by atoms with Crippen LogP contribution in [-0.2, 0) is 0 Å². The molecule has 5 nitrogen and oxygen atoms in total. The number of nitrogens with two attached hydrogens (primary N) is 1. The molecule has 2 aromatic rings.